The molecule has 5 nitrogen and oxygen atoms in total. The Morgan fingerprint density at radius 1 is 1.44 bits per heavy atom. The second kappa shape index (κ2) is 7.14. The second-order valence-electron chi connectivity index (χ2n) is 3.31. The molecule has 0 unspecified atom stereocenters. The maximum Gasteiger partial charge on any atom is 0.205 e. The molecule has 0 aliphatic heterocycles. The molecule has 1 aromatic heterocycles. The summed E-state index contributed by atoms with van der Waals surface area (Å²) in [6.45, 7) is 7.48. The zero-order chi connectivity index (χ0) is 11.8. The minimum absolute atomic E-state index is 0.562. The van der Waals surface area contributed by atoms with Gasteiger partial charge in [-0.3, -0.25) is 4.90 Å². The highest BCUT2D eigenvalue weighted by Gasteiger charge is 2.08. The molecule has 0 atom stereocenters. The Bertz CT molecular complexity index is 343. The van der Waals surface area contributed by atoms with Crippen LogP contribution >= 0.6 is 11.3 Å². The predicted octanol–water partition coefficient (Wildman–Crippen LogP) is 1.71. The van der Waals surface area contributed by atoms with E-state index in [1.807, 2.05) is 6.92 Å². The molecule has 0 amide bonds. The van der Waals surface area contributed by atoms with Gasteiger partial charge in [-0.25, -0.2) is 0 Å². The van der Waals surface area contributed by atoms with Crippen LogP contribution in [0, 0.1) is 11.3 Å². The molecule has 0 aliphatic rings. The average Bonchev–Trinajstić information content (AvgIpc) is 2.72. The first-order valence-electron chi connectivity index (χ1n) is 5.45. The van der Waals surface area contributed by atoms with Crippen molar-refractivity contribution in [2.24, 2.45) is 0 Å². The Labute approximate surface area is 100 Å². The molecule has 1 aromatic rings. The fourth-order valence-corrected chi connectivity index (χ4v) is 2.14. The molecule has 0 aliphatic carbocycles. The van der Waals surface area contributed by atoms with Gasteiger partial charge in [0.15, 0.2) is 0 Å². The summed E-state index contributed by atoms with van der Waals surface area (Å²) >= 11 is 1.58. The Kier molecular flexibility index (Phi) is 5.75. The lowest BCUT2D eigenvalue weighted by atomic mass is 10.4. The van der Waals surface area contributed by atoms with Gasteiger partial charge in [-0.05, 0) is 13.5 Å². The Balaban J connectivity index is 2.46. The van der Waals surface area contributed by atoms with E-state index in [4.69, 9.17) is 5.26 Å². The van der Waals surface area contributed by atoms with Crippen LogP contribution in [-0.2, 0) is 6.54 Å². The summed E-state index contributed by atoms with van der Waals surface area (Å²) in [5.74, 6) is 0. The molecule has 0 saturated carbocycles. The number of hydrogen-bond acceptors (Lipinski definition) is 6. The number of hydrogen-bond donors (Lipinski definition) is 1. The fourth-order valence-electron chi connectivity index (χ4n) is 1.29. The molecule has 1 heterocycles. The summed E-state index contributed by atoms with van der Waals surface area (Å²) in [6.07, 6.45) is 0.562. The van der Waals surface area contributed by atoms with Gasteiger partial charge in [0.1, 0.15) is 5.01 Å². The zero-order valence-corrected chi connectivity index (χ0v) is 10.5. The number of rotatable bonds is 7. The van der Waals surface area contributed by atoms with E-state index in [-0.39, 0.29) is 0 Å². The van der Waals surface area contributed by atoms with Gasteiger partial charge in [-0.1, -0.05) is 18.3 Å². The third-order valence-electron chi connectivity index (χ3n) is 2.14. The lowest BCUT2D eigenvalue weighted by molar-refractivity contribution is 0.285. The Morgan fingerprint density at radius 3 is 2.88 bits per heavy atom. The van der Waals surface area contributed by atoms with E-state index in [9.17, 15) is 0 Å². The number of anilines is 1. The molecule has 0 saturated heterocycles. The maximum atomic E-state index is 8.54. The lowest BCUT2D eigenvalue weighted by Gasteiger charge is -2.16. The van der Waals surface area contributed by atoms with Crippen LogP contribution in [-0.4, -0.2) is 34.7 Å². The van der Waals surface area contributed by atoms with E-state index in [1.54, 1.807) is 11.3 Å². The zero-order valence-electron chi connectivity index (χ0n) is 9.73. The standard InChI is InChI=1S/C10H17N5S/c1-3-12-10-14-13-9(16-10)8-15(4-2)7-5-6-11/h3-5,7-8H2,1-2H3,(H,12,14). The van der Waals surface area contributed by atoms with Crippen molar-refractivity contribution in [3.8, 4) is 6.07 Å². The largest absolute Gasteiger partial charge is 0.360 e. The molecule has 0 radical (unpaired) electrons. The Morgan fingerprint density at radius 2 is 2.25 bits per heavy atom. The van der Waals surface area contributed by atoms with Crippen LogP contribution in [0.1, 0.15) is 25.3 Å². The van der Waals surface area contributed by atoms with Gasteiger partial charge in [0.05, 0.1) is 12.6 Å². The van der Waals surface area contributed by atoms with Crippen molar-refractivity contribution in [2.45, 2.75) is 26.8 Å². The van der Waals surface area contributed by atoms with Gasteiger partial charge >= 0.3 is 0 Å². The molecule has 0 spiro atoms. The third-order valence-corrected chi connectivity index (χ3v) is 3.01. The summed E-state index contributed by atoms with van der Waals surface area (Å²) in [5.41, 5.74) is 0. The number of nitriles is 1. The van der Waals surface area contributed by atoms with Crippen LogP contribution in [0.3, 0.4) is 0 Å². The summed E-state index contributed by atoms with van der Waals surface area (Å²) < 4.78 is 0. The van der Waals surface area contributed by atoms with Crippen molar-refractivity contribution in [1.82, 2.24) is 15.1 Å². The Hall–Kier alpha value is -1.19. The van der Waals surface area contributed by atoms with Gasteiger partial charge in [-0.15, -0.1) is 10.2 Å². The van der Waals surface area contributed by atoms with E-state index in [0.29, 0.717) is 6.42 Å². The third kappa shape index (κ3) is 4.13. The molecule has 16 heavy (non-hydrogen) atoms. The predicted molar refractivity (Wildman–Crippen MR) is 65.3 cm³/mol. The highest BCUT2D eigenvalue weighted by Crippen LogP contribution is 2.16. The summed E-state index contributed by atoms with van der Waals surface area (Å²) in [6, 6.07) is 2.16. The first kappa shape index (κ1) is 12.9. The average molecular weight is 239 g/mol. The van der Waals surface area contributed by atoms with Crippen LogP contribution in [0.4, 0.5) is 5.13 Å². The maximum absolute atomic E-state index is 8.54. The summed E-state index contributed by atoms with van der Waals surface area (Å²) in [7, 11) is 0. The van der Waals surface area contributed by atoms with Crippen LogP contribution in [0.15, 0.2) is 0 Å². The number of nitrogens with zero attached hydrogens (tertiary/aromatic N) is 4. The molecule has 0 bridgehead atoms. The quantitative estimate of drug-likeness (QED) is 0.784. The highest BCUT2D eigenvalue weighted by atomic mass is 32.1. The summed E-state index contributed by atoms with van der Waals surface area (Å²) in [4.78, 5) is 2.19. The van der Waals surface area contributed by atoms with Gasteiger partial charge in [0.25, 0.3) is 0 Å². The van der Waals surface area contributed by atoms with Crippen LogP contribution in [0.25, 0.3) is 0 Å². The van der Waals surface area contributed by atoms with Crippen molar-refractivity contribution >= 4 is 16.5 Å². The van der Waals surface area contributed by atoms with Crippen molar-refractivity contribution < 1.29 is 0 Å². The molecule has 0 fully saturated rings. The first-order chi connectivity index (χ1) is 7.80. The van der Waals surface area contributed by atoms with Crippen molar-refractivity contribution in [3.05, 3.63) is 5.01 Å². The van der Waals surface area contributed by atoms with E-state index in [2.05, 4.69) is 33.4 Å². The minimum atomic E-state index is 0.562. The fraction of sp³-hybridized carbons (Fsp3) is 0.700. The van der Waals surface area contributed by atoms with Gasteiger partial charge in [0, 0.05) is 19.5 Å². The molecular formula is C10H17N5S. The SMILES string of the molecule is CCNc1nnc(CN(CC)CCC#N)s1. The van der Waals surface area contributed by atoms with Crippen LogP contribution in [0.2, 0.25) is 0 Å². The van der Waals surface area contributed by atoms with E-state index < -0.39 is 0 Å². The number of aromatic nitrogens is 2. The van der Waals surface area contributed by atoms with Gasteiger partial charge in [-0.2, -0.15) is 5.26 Å². The topological polar surface area (TPSA) is 64.8 Å². The van der Waals surface area contributed by atoms with E-state index >= 15 is 0 Å². The van der Waals surface area contributed by atoms with Crippen LogP contribution in [0.5, 0.6) is 0 Å². The van der Waals surface area contributed by atoms with Crippen molar-refractivity contribution in [2.75, 3.05) is 25.0 Å². The summed E-state index contributed by atoms with van der Waals surface area (Å²) in [5, 5.41) is 21.7. The normalized spacial score (nSPS) is 10.4. The van der Waals surface area contributed by atoms with Gasteiger partial charge in [0.2, 0.25) is 5.13 Å². The van der Waals surface area contributed by atoms with Crippen molar-refractivity contribution in [3.63, 3.8) is 0 Å². The second-order valence-corrected chi connectivity index (χ2v) is 4.37. The lowest BCUT2D eigenvalue weighted by Crippen LogP contribution is -2.23. The number of nitrogens with one attached hydrogen (secondary N) is 1. The molecular weight excluding hydrogens is 222 g/mol. The van der Waals surface area contributed by atoms with Crippen molar-refractivity contribution in [1.29, 1.82) is 5.26 Å². The smallest absolute Gasteiger partial charge is 0.205 e. The molecule has 1 N–H and O–H groups in total. The molecule has 6 heteroatoms. The highest BCUT2D eigenvalue weighted by molar-refractivity contribution is 7.15. The van der Waals surface area contributed by atoms with E-state index in [1.165, 1.54) is 0 Å². The first-order valence-corrected chi connectivity index (χ1v) is 6.27. The molecule has 88 valence electrons. The molecule has 0 aromatic carbocycles. The molecule has 1 rings (SSSR count). The monoisotopic (exact) mass is 239 g/mol. The van der Waals surface area contributed by atoms with Gasteiger partial charge < -0.3 is 5.32 Å². The van der Waals surface area contributed by atoms with E-state index in [0.717, 1.165) is 36.3 Å². The minimum Gasteiger partial charge on any atom is -0.360 e. The van der Waals surface area contributed by atoms with Crippen LogP contribution < -0.4 is 5.32 Å².